The summed E-state index contributed by atoms with van der Waals surface area (Å²) in [5, 5.41) is 0.747. The minimum absolute atomic E-state index is 0.0463. The minimum atomic E-state index is -3.23. The van der Waals surface area contributed by atoms with E-state index in [0.29, 0.717) is 19.4 Å². The quantitative estimate of drug-likeness (QED) is 0.207. The zero-order chi connectivity index (χ0) is 16.1. The molecule has 0 aromatic rings. The van der Waals surface area contributed by atoms with Crippen molar-refractivity contribution >= 4 is 39.9 Å². The van der Waals surface area contributed by atoms with Gasteiger partial charge in [0.05, 0.1) is 0 Å². The van der Waals surface area contributed by atoms with E-state index in [1.165, 1.54) is 4.67 Å². The summed E-state index contributed by atoms with van der Waals surface area (Å²) >= 11 is 4.38. The summed E-state index contributed by atoms with van der Waals surface area (Å²) in [6.45, 7) is -0.687. The monoisotopic (exact) mass is 397 g/mol. The Bertz CT molecular complexity index is 387. The summed E-state index contributed by atoms with van der Waals surface area (Å²) in [5.41, 5.74) is 0. The Labute approximate surface area is 141 Å². The number of amides is 1. The summed E-state index contributed by atoms with van der Waals surface area (Å²) < 4.78 is 19.6. The summed E-state index contributed by atoms with van der Waals surface area (Å²) in [6.07, 6.45) is 12.0. The third-order valence-electron chi connectivity index (χ3n) is 2.87. The van der Waals surface area contributed by atoms with Crippen molar-refractivity contribution in [1.82, 2.24) is 4.67 Å². The molecule has 1 amide bonds. The second kappa shape index (κ2) is 12.6. The number of nitrogens with zero attached hydrogens (tertiary/aromatic N) is 1. The van der Waals surface area contributed by atoms with Crippen molar-refractivity contribution in [3.8, 4) is 12.3 Å². The molecule has 0 saturated heterocycles. The van der Waals surface area contributed by atoms with Crippen LogP contribution in [0.3, 0.4) is 0 Å². The lowest BCUT2D eigenvalue weighted by Crippen LogP contribution is -2.29. The van der Waals surface area contributed by atoms with Crippen molar-refractivity contribution in [3.05, 3.63) is 0 Å². The van der Waals surface area contributed by atoms with Crippen molar-refractivity contribution < 1.29 is 13.9 Å². The van der Waals surface area contributed by atoms with Gasteiger partial charge in [-0.25, -0.2) is 0 Å². The van der Waals surface area contributed by atoms with Gasteiger partial charge < -0.3 is 0 Å². The molecule has 0 aliphatic heterocycles. The first-order valence-corrected chi connectivity index (χ1v) is 11.7. The first kappa shape index (κ1) is 21.0. The Kier molecular flexibility index (Phi) is 12.6. The zero-order valence-corrected chi connectivity index (χ0v) is 16.1. The zero-order valence-electron chi connectivity index (χ0n) is 12.8. The van der Waals surface area contributed by atoms with Crippen LogP contribution in [0.4, 0.5) is 0 Å². The molecule has 4 nitrogen and oxygen atoms in total. The molecule has 122 valence electrons. The van der Waals surface area contributed by atoms with Gasteiger partial charge in [-0.1, -0.05) is 59.4 Å². The summed E-state index contributed by atoms with van der Waals surface area (Å²) in [6, 6.07) is 0. The van der Waals surface area contributed by atoms with Gasteiger partial charge in [-0.2, -0.15) is 0 Å². The molecule has 0 N–H and O–H groups in total. The maximum absolute atomic E-state index is 12.8. The van der Waals surface area contributed by atoms with Gasteiger partial charge in [0.1, 0.15) is 6.61 Å². The number of terminal acetylenes is 1. The van der Waals surface area contributed by atoms with E-state index in [4.69, 9.17) is 10.9 Å². The Morgan fingerprint density at radius 2 is 2.10 bits per heavy atom. The smallest absolute Gasteiger partial charge is 0.293 e. The van der Waals surface area contributed by atoms with Crippen molar-refractivity contribution in [1.29, 1.82) is 0 Å². The molecule has 0 aromatic heterocycles. The highest BCUT2D eigenvalue weighted by Gasteiger charge is 2.34. The Morgan fingerprint density at radius 1 is 1.38 bits per heavy atom. The number of carbonyl (C=O) groups excluding carboxylic acids is 1. The molecule has 0 fully saturated rings. The van der Waals surface area contributed by atoms with E-state index in [1.54, 1.807) is 6.26 Å². The van der Waals surface area contributed by atoms with Crippen LogP contribution in [0.15, 0.2) is 0 Å². The van der Waals surface area contributed by atoms with Gasteiger partial charge in [0.2, 0.25) is 5.91 Å². The molecular formula is C14H25BrNO3PS. The Balaban J connectivity index is 4.85. The number of halogens is 1. The molecule has 0 spiro atoms. The Hall–Kier alpha value is 0.0500. The molecule has 1 unspecified atom stereocenters. The van der Waals surface area contributed by atoms with Gasteiger partial charge in [-0.05, 0) is 19.1 Å². The van der Waals surface area contributed by atoms with Crippen LogP contribution in [0.2, 0.25) is 0 Å². The van der Waals surface area contributed by atoms with Gasteiger partial charge in [-0.3, -0.25) is 18.6 Å². The molecule has 0 rings (SSSR count). The normalized spacial score (nSPS) is 13.4. The second-order valence-electron chi connectivity index (χ2n) is 4.50. The minimum Gasteiger partial charge on any atom is -0.293 e. The molecule has 0 saturated carbocycles. The number of hydrogen-bond donors (Lipinski definition) is 0. The molecule has 7 heteroatoms. The molecule has 21 heavy (non-hydrogen) atoms. The highest BCUT2D eigenvalue weighted by atomic mass is 79.9. The summed E-state index contributed by atoms with van der Waals surface area (Å²) in [7, 11) is 0. The predicted octanol–water partition coefficient (Wildman–Crippen LogP) is 4.69. The van der Waals surface area contributed by atoms with Gasteiger partial charge in [0.15, 0.2) is 0 Å². The van der Waals surface area contributed by atoms with Crippen LogP contribution in [0.1, 0.15) is 45.4 Å². The topological polar surface area (TPSA) is 46.6 Å². The Morgan fingerprint density at radius 3 is 2.62 bits per heavy atom. The van der Waals surface area contributed by atoms with E-state index in [1.807, 2.05) is 0 Å². The van der Waals surface area contributed by atoms with Gasteiger partial charge in [-0.15, -0.1) is 6.42 Å². The first-order valence-electron chi connectivity index (χ1n) is 7.16. The van der Waals surface area contributed by atoms with Crippen LogP contribution < -0.4 is 0 Å². The first-order chi connectivity index (χ1) is 10.1. The lowest BCUT2D eigenvalue weighted by molar-refractivity contribution is -0.127. The molecule has 0 bridgehead atoms. The van der Waals surface area contributed by atoms with Crippen molar-refractivity contribution in [2.45, 2.75) is 45.4 Å². The van der Waals surface area contributed by atoms with Crippen LogP contribution in [0.25, 0.3) is 0 Å². The van der Waals surface area contributed by atoms with E-state index >= 15 is 0 Å². The van der Waals surface area contributed by atoms with E-state index in [-0.39, 0.29) is 12.5 Å². The fourth-order valence-corrected chi connectivity index (χ4v) is 5.06. The fraction of sp³-hybridized carbons (Fsp3) is 0.786. The van der Waals surface area contributed by atoms with Crippen LogP contribution >= 0.6 is 34.0 Å². The fourth-order valence-electron chi connectivity index (χ4n) is 1.76. The number of alkyl halides is 1. The maximum Gasteiger partial charge on any atom is 0.356 e. The maximum atomic E-state index is 12.8. The van der Waals surface area contributed by atoms with Crippen molar-refractivity contribution in [2.24, 2.45) is 0 Å². The molecule has 0 aliphatic carbocycles. The molecule has 0 heterocycles. The molecule has 0 aromatic carbocycles. The number of hydrogen-bond acceptors (Lipinski definition) is 4. The van der Waals surface area contributed by atoms with Crippen molar-refractivity contribution in [3.63, 3.8) is 0 Å². The predicted molar refractivity (Wildman–Crippen MR) is 94.8 cm³/mol. The third kappa shape index (κ3) is 8.30. The van der Waals surface area contributed by atoms with E-state index in [0.717, 1.165) is 42.4 Å². The van der Waals surface area contributed by atoms with E-state index in [2.05, 4.69) is 28.8 Å². The summed E-state index contributed by atoms with van der Waals surface area (Å²) in [5.74, 6) is 2.19. The number of rotatable bonds is 12. The van der Waals surface area contributed by atoms with Crippen LogP contribution in [0, 0.1) is 12.3 Å². The molecule has 0 aliphatic rings. The largest absolute Gasteiger partial charge is 0.356 e. The van der Waals surface area contributed by atoms with E-state index in [9.17, 15) is 9.36 Å². The molecule has 0 radical (unpaired) electrons. The lowest BCUT2D eigenvalue weighted by atomic mass is 10.2. The SMILES string of the molecule is C#CCOP(=O)(SC)N(CCCCCC)C(=O)CCCBr. The second-order valence-corrected chi connectivity index (χ2v) is 9.81. The van der Waals surface area contributed by atoms with Crippen LogP contribution in [-0.4, -0.2) is 35.3 Å². The van der Waals surface area contributed by atoms with Crippen LogP contribution in [0.5, 0.6) is 0 Å². The number of unbranched alkanes of at least 4 members (excludes halogenated alkanes) is 3. The third-order valence-corrected chi connectivity index (χ3v) is 7.66. The van der Waals surface area contributed by atoms with Crippen molar-refractivity contribution in [2.75, 3.05) is 24.7 Å². The summed E-state index contributed by atoms with van der Waals surface area (Å²) in [4.78, 5) is 12.3. The highest BCUT2D eigenvalue weighted by Crippen LogP contribution is 2.61. The molecular weight excluding hydrogens is 373 g/mol. The standard InChI is InChI=1S/C14H25BrNO3PS/c1-4-6-7-8-12-16(14(17)10-9-11-15)20(18,21-3)19-13-5-2/h2H,4,6-13H2,1,3H3. The van der Waals surface area contributed by atoms with Crippen LogP contribution in [-0.2, 0) is 13.9 Å². The highest BCUT2D eigenvalue weighted by molar-refractivity contribution is 9.09. The lowest BCUT2D eigenvalue weighted by Gasteiger charge is -2.29. The van der Waals surface area contributed by atoms with Gasteiger partial charge >= 0.3 is 6.72 Å². The average Bonchev–Trinajstić information content (AvgIpc) is 2.50. The average molecular weight is 398 g/mol. The molecule has 1 atom stereocenters. The van der Waals surface area contributed by atoms with Gasteiger partial charge in [0.25, 0.3) is 0 Å². The van der Waals surface area contributed by atoms with E-state index < -0.39 is 6.72 Å². The van der Waals surface area contributed by atoms with Gasteiger partial charge in [0, 0.05) is 18.3 Å². The number of carbonyl (C=O) groups is 1.